The van der Waals surface area contributed by atoms with Gasteiger partial charge in [-0.15, -0.1) is 5.11 Å². The fourth-order valence-corrected chi connectivity index (χ4v) is 3.42. The molecule has 8 nitrogen and oxygen atoms in total. The van der Waals surface area contributed by atoms with Gasteiger partial charge in [0.25, 0.3) is 11.5 Å². The molecule has 0 spiro atoms. The Morgan fingerprint density at radius 3 is 2.47 bits per heavy atom. The molecule has 0 aliphatic rings. The van der Waals surface area contributed by atoms with Gasteiger partial charge in [-0.25, -0.2) is 0 Å². The molecule has 0 saturated heterocycles. The van der Waals surface area contributed by atoms with Crippen molar-refractivity contribution in [2.45, 2.75) is 59.9 Å². The first kappa shape index (κ1) is 24.8. The number of rotatable bonds is 10. The van der Waals surface area contributed by atoms with E-state index in [1.165, 1.54) is 0 Å². The third kappa shape index (κ3) is 5.82. The third-order valence-electron chi connectivity index (χ3n) is 5.57. The number of carbonyl (C=O) groups is 1. The molecule has 1 atom stereocenters. The summed E-state index contributed by atoms with van der Waals surface area (Å²) in [5.41, 5.74) is 0.736. The number of azo groups is 1. The fourth-order valence-electron chi connectivity index (χ4n) is 3.42. The molecule has 0 bridgehead atoms. The maximum absolute atomic E-state index is 12.6. The smallest absolute Gasteiger partial charge is 0.281 e. The molecular weight excluding hydrogens is 406 g/mol. The van der Waals surface area contributed by atoms with Crippen LogP contribution in [0.1, 0.15) is 67.9 Å². The Kier molecular flexibility index (Phi) is 9.14. The number of hydrogen-bond donors (Lipinski definition) is 2. The van der Waals surface area contributed by atoms with Crippen molar-refractivity contribution in [1.82, 2.24) is 9.88 Å². The third-order valence-corrected chi connectivity index (χ3v) is 5.57. The van der Waals surface area contributed by atoms with Crippen LogP contribution in [0.5, 0.6) is 5.88 Å². The summed E-state index contributed by atoms with van der Waals surface area (Å²) in [5.74, 6) is -0.0277. The topological polar surface area (TPSA) is 120 Å². The molecule has 2 rings (SSSR count). The van der Waals surface area contributed by atoms with E-state index in [-0.39, 0.29) is 35.1 Å². The number of unbranched alkanes of at least 4 members (excludes halogenated alkanes) is 1. The molecule has 2 N–H and O–H groups in total. The second-order valence-electron chi connectivity index (χ2n) is 7.71. The minimum Gasteiger partial charge on any atom is -0.493 e. The number of aromatic hydroxyl groups is 1. The Balaban J connectivity index is 2.16. The van der Waals surface area contributed by atoms with Gasteiger partial charge in [-0.1, -0.05) is 33.1 Å². The molecule has 1 aromatic heterocycles. The van der Waals surface area contributed by atoms with Gasteiger partial charge in [-0.2, -0.15) is 10.4 Å². The highest BCUT2D eigenvalue weighted by Crippen LogP contribution is 2.26. The van der Waals surface area contributed by atoms with E-state index in [2.05, 4.69) is 29.4 Å². The molecule has 1 heterocycles. The summed E-state index contributed by atoms with van der Waals surface area (Å²) >= 11 is 0. The average Bonchev–Trinajstić information content (AvgIpc) is 2.80. The largest absolute Gasteiger partial charge is 0.493 e. The molecule has 1 amide bonds. The number of benzene rings is 1. The van der Waals surface area contributed by atoms with Gasteiger partial charge < -0.3 is 10.4 Å². The Labute approximate surface area is 188 Å². The molecule has 0 fully saturated rings. The maximum atomic E-state index is 12.6. The van der Waals surface area contributed by atoms with E-state index < -0.39 is 5.56 Å². The van der Waals surface area contributed by atoms with E-state index in [0.717, 1.165) is 30.3 Å². The van der Waals surface area contributed by atoms with Crippen molar-refractivity contribution in [1.29, 1.82) is 5.26 Å². The molecule has 1 unspecified atom stereocenters. The van der Waals surface area contributed by atoms with Gasteiger partial charge in [0.2, 0.25) is 5.88 Å². The van der Waals surface area contributed by atoms with E-state index in [9.17, 15) is 20.0 Å². The van der Waals surface area contributed by atoms with E-state index >= 15 is 0 Å². The Hall–Kier alpha value is -3.47. The zero-order valence-corrected chi connectivity index (χ0v) is 19.2. The van der Waals surface area contributed by atoms with Crippen LogP contribution >= 0.6 is 0 Å². The van der Waals surface area contributed by atoms with Gasteiger partial charge in [0.1, 0.15) is 11.6 Å². The summed E-state index contributed by atoms with van der Waals surface area (Å²) < 4.78 is 1.08. The zero-order valence-electron chi connectivity index (χ0n) is 19.2. The second kappa shape index (κ2) is 11.8. The molecule has 32 heavy (non-hydrogen) atoms. The summed E-state index contributed by atoms with van der Waals surface area (Å²) in [6.07, 6.45) is 4.45. The highest BCUT2D eigenvalue weighted by atomic mass is 16.3. The van der Waals surface area contributed by atoms with Crippen molar-refractivity contribution >= 4 is 17.3 Å². The molecule has 0 aliphatic carbocycles. The van der Waals surface area contributed by atoms with Gasteiger partial charge in [-0.05, 0) is 50.5 Å². The van der Waals surface area contributed by atoms with Crippen LogP contribution in [0.3, 0.4) is 0 Å². The number of hydrogen-bond acceptors (Lipinski definition) is 6. The Bertz CT molecular complexity index is 1070. The summed E-state index contributed by atoms with van der Waals surface area (Å²) in [7, 11) is 0. The SMILES string of the molecule is CCCCC(CC)CNC(=O)c1ccc(N=Nc2c(C)c(C#N)c(O)n(CC)c2=O)cc1. The summed E-state index contributed by atoms with van der Waals surface area (Å²) in [6.45, 7) is 8.39. The van der Waals surface area contributed by atoms with Gasteiger partial charge in [-0.3, -0.25) is 14.2 Å². The molecule has 170 valence electrons. The molecule has 8 heteroatoms. The number of carbonyl (C=O) groups excluding carboxylic acids is 1. The van der Waals surface area contributed by atoms with Crippen molar-refractivity contribution in [3.05, 3.63) is 51.3 Å². The average molecular weight is 438 g/mol. The number of nitrogens with zero attached hydrogens (tertiary/aromatic N) is 4. The monoisotopic (exact) mass is 437 g/mol. The first-order valence-corrected chi connectivity index (χ1v) is 11.0. The quantitative estimate of drug-likeness (QED) is 0.501. The summed E-state index contributed by atoms with van der Waals surface area (Å²) in [6, 6.07) is 8.51. The number of nitrogens with one attached hydrogen (secondary N) is 1. The fraction of sp³-hybridized carbons (Fsp3) is 0.458. The van der Waals surface area contributed by atoms with Gasteiger partial charge in [0, 0.05) is 24.2 Å². The Morgan fingerprint density at radius 2 is 1.91 bits per heavy atom. The van der Waals surface area contributed by atoms with Crippen molar-refractivity contribution in [2.75, 3.05) is 6.54 Å². The van der Waals surface area contributed by atoms with E-state index in [1.54, 1.807) is 38.1 Å². The molecule has 0 saturated carbocycles. The number of amides is 1. The van der Waals surface area contributed by atoms with E-state index in [1.807, 2.05) is 6.07 Å². The zero-order chi connectivity index (χ0) is 23.7. The van der Waals surface area contributed by atoms with Crippen LogP contribution in [0.4, 0.5) is 11.4 Å². The lowest BCUT2D eigenvalue weighted by Crippen LogP contribution is -2.29. The predicted octanol–water partition coefficient (Wildman–Crippen LogP) is 5.12. The van der Waals surface area contributed by atoms with Crippen LogP contribution in [-0.4, -0.2) is 22.1 Å². The van der Waals surface area contributed by atoms with Crippen molar-refractivity contribution in [3.8, 4) is 11.9 Å². The number of pyridine rings is 1. The Morgan fingerprint density at radius 1 is 1.22 bits per heavy atom. The minimum absolute atomic E-state index is 0.000654. The van der Waals surface area contributed by atoms with Crippen molar-refractivity contribution < 1.29 is 9.90 Å². The number of nitriles is 1. The number of aromatic nitrogens is 1. The van der Waals surface area contributed by atoms with Crippen LogP contribution in [0.25, 0.3) is 0 Å². The maximum Gasteiger partial charge on any atom is 0.281 e. The van der Waals surface area contributed by atoms with Crippen LogP contribution in [0.2, 0.25) is 0 Å². The predicted molar refractivity (Wildman–Crippen MR) is 124 cm³/mol. The normalized spacial score (nSPS) is 12.0. The molecule has 2 aromatic rings. The van der Waals surface area contributed by atoms with Crippen molar-refractivity contribution in [3.63, 3.8) is 0 Å². The highest BCUT2D eigenvalue weighted by molar-refractivity contribution is 5.94. The first-order chi connectivity index (χ1) is 15.4. The highest BCUT2D eigenvalue weighted by Gasteiger charge is 2.18. The lowest BCUT2D eigenvalue weighted by atomic mass is 9.99. The summed E-state index contributed by atoms with van der Waals surface area (Å²) in [4.78, 5) is 25.0. The van der Waals surface area contributed by atoms with Gasteiger partial charge in [0.15, 0.2) is 5.69 Å². The van der Waals surface area contributed by atoms with Crippen molar-refractivity contribution in [2.24, 2.45) is 16.1 Å². The van der Waals surface area contributed by atoms with Crippen LogP contribution in [0, 0.1) is 24.2 Å². The minimum atomic E-state index is -0.519. The lowest BCUT2D eigenvalue weighted by molar-refractivity contribution is 0.0946. The van der Waals surface area contributed by atoms with Crippen LogP contribution in [0.15, 0.2) is 39.3 Å². The molecular formula is C24H31N5O3. The molecule has 1 aromatic carbocycles. The first-order valence-electron chi connectivity index (χ1n) is 11.0. The van der Waals surface area contributed by atoms with Crippen LogP contribution < -0.4 is 10.9 Å². The van der Waals surface area contributed by atoms with Crippen LogP contribution in [-0.2, 0) is 6.54 Å². The summed E-state index contributed by atoms with van der Waals surface area (Å²) in [5, 5.41) is 30.5. The standard InChI is InChI=1S/C24H31N5O3/c1-5-8-9-17(6-2)15-26-22(30)18-10-12-19(13-11-18)27-28-21-16(4)20(14-25)23(31)29(7-3)24(21)32/h10-13,17,31H,5-9,15H2,1-4H3,(H,26,30). The molecule has 0 radical (unpaired) electrons. The lowest BCUT2D eigenvalue weighted by Gasteiger charge is -2.15. The van der Waals surface area contributed by atoms with Gasteiger partial charge >= 0.3 is 0 Å². The molecule has 0 aliphatic heterocycles. The second-order valence-corrected chi connectivity index (χ2v) is 7.71. The van der Waals surface area contributed by atoms with Gasteiger partial charge in [0.05, 0.1) is 5.69 Å². The van der Waals surface area contributed by atoms with E-state index in [0.29, 0.717) is 23.7 Å². The van der Waals surface area contributed by atoms with E-state index in [4.69, 9.17) is 0 Å².